The fraction of sp³-hybridized carbons (Fsp3) is 0.200. The van der Waals surface area contributed by atoms with Gasteiger partial charge < -0.3 is 19.2 Å². The van der Waals surface area contributed by atoms with Crippen LogP contribution in [0.4, 0.5) is 5.69 Å². The van der Waals surface area contributed by atoms with Crippen molar-refractivity contribution in [3.63, 3.8) is 0 Å². The third-order valence-corrected chi connectivity index (χ3v) is 3.12. The van der Waals surface area contributed by atoms with Gasteiger partial charge in [0.15, 0.2) is 10.9 Å². The first-order valence-corrected chi connectivity index (χ1v) is 7.10. The number of anilines is 1. The molecule has 2 rings (SSSR count). The summed E-state index contributed by atoms with van der Waals surface area (Å²) in [6.07, 6.45) is 0. The van der Waals surface area contributed by atoms with Crippen LogP contribution in [-0.4, -0.2) is 25.2 Å². The van der Waals surface area contributed by atoms with Crippen LogP contribution in [-0.2, 0) is 0 Å². The Labute approximate surface area is 138 Å². The van der Waals surface area contributed by atoms with Crippen molar-refractivity contribution in [2.24, 2.45) is 0 Å². The van der Waals surface area contributed by atoms with Crippen LogP contribution >= 0.6 is 12.2 Å². The fourth-order valence-electron chi connectivity index (χ4n) is 1.85. The van der Waals surface area contributed by atoms with Gasteiger partial charge in [0.25, 0.3) is 0 Å². The molecule has 7 nitrogen and oxygen atoms in total. The minimum absolute atomic E-state index is 0.171. The Morgan fingerprint density at radius 3 is 2.26 bits per heavy atom. The summed E-state index contributed by atoms with van der Waals surface area (Å²) in [4.78, 5) is 11.9. The molecule has 3 N–H and O–H groups in total. The maximum absolute atomic E-state index is 11.9. The highest BCUT2D eigenvalue weighted by molar-refractivity contribution is 7.80. The minimum atomic E-state index is -0.436. The number of carbonyl (C=O) groups excluding carboxylic acids is 1. The monoisotopic (exact) mass is 335 g/mol. The van der Waals surface area contributed by atoms with Gasteiger partial charge in [-0.25, -0.2) is 0 Å². The van der Waals surface area contributed by atoms with Gasteiger partial charge in [0, 0.05) is 0 Å². The smallest absolute Gasteiger partial charge is 0.305 e. The number of para-hydroxylation sites is 1. The second-order valence-electron chi connectivity index (χ2n) is 4.48. The molecule has 1 heterocycles. The number of hydrazine groups is 1. The highest BCUT2D eigenvalue weighted by atomic mass is 32.1. The number of methoxy groups -OCH3 is 2. The summed E-state index contributed by atoms with van der Waals surface area (Å²) in [5.41, 5.74) is 5.58. The molecule has 8 heteroatoms. The Morgan fingerprint density at radius 1 is 1.09 bits per heavy atom. The average Bonchev–Trinajstić information content (AvgIpc) is 2.99. The van der Waals surface area contributed by atoms with Crippen LogP contribution in [0.1, 0.15) is 16.3 Å². The summed E-state index contributed by atoms with van der Waals surface area (Å²) >= 11 is 5.15. The van der Waals surface area contributed by atoms with E-state index in [4.69, 9.17) is 26.1 Å². The lowest BCUT2D eigenvalue weighted by atomic mass is 10.2. The molecule has 0 saturated carbocycles. The topological polar surface area (TPSA) is 84.8 Å². The number of nitrogens with one attached hydrogen (secondary N) is 3. The van der Waals surface area contributed by atoms with Crippen molar-refractivity contribution >= 4 is 28.9 Å². The van der Waals surface area contributed by atoms with Crippen molar-refractivity contribution in [3.8, 4) is 11.5 Å². The van der Waals surface area contributed by atoms with Crippen molar-refractivity contribution in [2.75, 3.05) is 19.5 Å². The normalized spacial score (nSPS) is 9.87. The van der Waals surface area contributed by atoms with Crippen molar-refractivity contribution in [1.82, 2.24) is 10.9 Å². The molecule has 0 aliphatic carbocycles. The fourth-order valence-corrected chi connectivity index (χ4v) is 2.00. The predicted octanol–water partition coefficient (Wildman–Crippen LogP) is 2.24. The van der Waals surface area contributed by atoms with Crippen LogP contribution in [0, 0.1) is 6.92 Å². The van der Waals surface area contributed by atoms with Gasteiger partial charge in [0.05, 0.1) is 14.2 Å². The third-order valence-electron chi connectivity index (χ3n) is 2.92. The van der Waals surface area contributed by atoms with Crippen LogP contribution in [0.3, 0.4) is 0 Å². The zero-order chi connectivity index (χ0) is 16.8. The van der Waals surface area contributed by atoms with Crippen molar-refractivity contribution in [3.05, 3.63) is 41.9 Å². The second-order valence-corrected chi connectivity index (χ2v) is 4.89. The molecule has 0 unspecified atom stereocenters. The van der Waals surface area contributed by atoms with E-state index < -0.39 is 5.91 Å². The molecule has 0 bridgehead atoms. The molecule has 1 aromatic carbocycles. The zero-order valence-corrected chi connectivity index (χ0v) is 13.7. The summed E-state index contributed by atoms with van der Waals surface area (Å²) in [5, 5.41) is 3.09. The van der Waals surface area contributed by atoms with Crippen molar-refractivity contribution < 1.29 is 18.7 Å². The lowest BCUT2D eigenvalue weighted by Crippen LogP contribution is -2.43. The summed E-state index contributed by atoms with van der Waals surface area (Å²) in [6.45, 7) is 1.75. The molecule has 0 spiro atoms. The maximum Gasteiger partial charge on any atom is 0.305 e. The number of aryl methyl sites for hydroxylation is 1. The first-order valence-electron chi connectivity index (χ1n) is 6.70. The van der Waals surface area contributed by atoms with E-state index in [0.29, 0.717) is 22.9 Å². The number of amides is 1. The Morgan fingerprint density at radius 2 is 1.74 bits per heavy atom. The van der Waals surface area contributed by atoms with Gasteiger partial charge in [-0.15, -0.1) is 0 Å². The summed E-state index contributed by atoms with van der Waals surface area (Å²) in [6, 6.07) is 8.59. The molecule has 23 heavy (non-hydrogen) atoms. The van der Waals surface area contributed by atoms with E-state index in [2.05, 4.69) is 16.2 Å². The first kappa shape index (κ1) is 16.6. The number of benzene rings is 1. The quantitative estimate of drug-likeness (QED) is 0.583. The van der Waals surface area contributed by atoms with Gasteiger partial charge >= 0.3 is 5.91 Å². The highest BCUT2D eigenvalue weighted by Crippen LogP contribution is 2.33. The molecule has 0 radical (unpaired) electrons. The second kappa shape index (κ2) is 7.50. The third kappa shape index (κ3) is 4.13. The molecular weight excluding hydrogens is 318 g/mol. The van der Waals surface area contributed by atoms with Gasteiger partial charge in [-0.1, -0.05) is 6.07 Å². The minimum Gasteiger partial charge on any atom is -0.494 e. The molecule has 0 atom stereocenters. The van der Waals surface area contributed by atoms with Crippen molar-refractivity contribution in [1.29, 1.82) is 0 Å². The molecule has 0 aliphatic heterocycles. The number of hydrogen-bond acceptors (Lipinski definition) is 5. The Hall–Kier alpha value is -2.74. The maximum atomic E-state index is 11.9. The number of thiocarbonyl (C=S) groups is 1. The molecule has 0 saturated heterocycles. The molecule has 0 fully saturated rings. The van der Waals surface area contributed by atoms with Crippen LogP contribution in [0.5, 0.6) is 11.5 Å². The summed E-state index contributed by atoms with van der Waals surface area (Å²) in [5.74, 6) is 1.51. The van der Waals surface area contributed by atoms with Gasteiger partial charge in [0.2, 0.25) is 0 Å². The standard InChI is InChI=1S/C15H17N3O4S/c1-9-7-8-12(22-9)14(19)17-18-15(23)16-13-10(20-2)5-4-6-11(13)21-3/h4-8H,1-3H3,(H,17,19)(H2,16,18,23). The summed E-state index contributed by atoms with van der Waals surface area (Å²) in [7, 11) is 3.08. The zero-order valence-electron chi connectivity index (χ0n) is 12.9. The predicted molar refractivity (Wildman–Crippen MR) is 89.8 cm³/mol. The Balaban J connectivity index is 1.99. The van der Waals surface area contributed by atoms with Crippen LogP contribution in [0.2, 0.25) is 0 Å². The molecule has 0 aliphatic rings. The van der Waals surface area contributed by atoms with E-state index in [0.717, 1.165) is 0 Å². The van der Waals surface area contributed by atoms with Gasteiger partial charge in [-0.05, 0) is 43.4 Å². The lowest BCUT2D eigenvalue weighted by molar-refractivity contribution is 0.0915. The van der Waals surface area contributed by atoms with E-state index in [1.807, 2.05) is 0 Å². The summed E-state index contributed by atoms with van der Waals surface area (Å²) < 4.78 is 15.7. The molecule has 2 aromatic rings. The van der Waals surface area contributed by atoms with Crippen LogP contribution < -0.4 is 25.6 Å². The number of ether oxygens (including phenoxy) is 2. The van der Waals surface area contributed by atoms with Gasteiger partial charge in [0.1, 0.15) is 22.9 Å². The molecule has 122 valence electrons. The number of carbonyl (C=O) groups is 1. The van der Waals surface area contributed by atoms with E-state index in [1.165, 1.54) is 14.2 Å². The van der Waals surface area contributed by atoms with Crippen LogP contribution in [0.15, 0.2) is 34.7 Å². The number of rotatable bonds is 4. The first-order chi connectivity index (χ1) is 11.0. The van der Waals surface area contributed by atoms with Gasteiger partial charge in [-0.3, -0.25) is 15.6 Å². The Bertz CT molecular complexity index is 692. The number of hydrogen-bond donors (Lipinski definition) is 3. The molecule has 1 amide bonds. The lowest BCUT2D eigenvalue weighted by Gasteiger charge is -2.16. The van der Waals surface area contributed by atoms with E-state index in [9.17, 15) is 4.79 Å². The van der Waals surface area contributed by atoms with E-state index in [-0.39, 0.29) is 10.9 Å². The number of furan rings is 1. The Kier molecular flexibility index (Phi) is 5.42. The molecule has 1 aromatic heterocycles. The van der Waals surface area contributed by atoms with Crippen molar-refractivity contribution in [2.45, 2.75) is 6.92 Å². The van der Waals surface area contributed by atoms with Crippen LogP contribution in [0.25, 0.3) is 0 Å². The SMILES string of the molecule is COc1cccc(OC)c1NC(=S)NNC(=O)c1ccc(C)o1. The highest BCUT2D eigenvalue weighted by Gasteiger charge is 2.13. The van der Waals surface area contributed by atoms with Gasteiger partial charge in [-0.2, -0.15) is 0 Å². The largest absolute Gasteiger partial charge is 0.494 e. The molecular formula is C15H17N3O4S. The average molecular weight is 335 g/mol. The van der Waals surface area contributed by atoms with E-state index in [1.54, 1.807) is 37.3 Å². The van der Waals surface area contributed by atoms with E-state index >= 15 is 0 Å².